The Balaban J connectivity index is 1.90. The Morgan fingerprint density at radius 1 is 1.33 bits per heavy atom. The maximum atomic E-state index is 3.66. The standard InChI is InChI=1S/C10H21IN4/c1-12-14-7-5-13-9(8-14)10-4-2-3-6-15(10)11/h9-10,12-13H,2-8H2,1H3. The van der Waals surface area contributed by atoms with E-state index in [-0.39, 0.29) is 0 Å². The van der Waals surface area contributed by atoms with Gasteiger partial charge in [0.2, 0.25) is 0 Å². The van der Waals surface area contributed by atoms with Crippen LogP contribution in [0.5, 0.6) is 0 Å². The molecule has 15 heavy (non-hydrogen) atoms. The molecule has 2 aliphatic rings. The van der Waals surface area contributed by atoms with Crippen molar-refractivity contribution in [1.82, 2.24) is 18.9 Å². The van der Waals surface area contributed by atoms with Gasteiger partial charge in [0.05, 0.1) is 0 Å². The molecular formula is C10H21IN4. The molecule has 5 heteroatoms. The van der Waals surface area contributed by atoms with E-state index in [4.69, 9.17) is 0 Å². The Bertz CT molecular complexity index is 202. The molecule has 4 nitrogen and oxygen atoms in total. The highest BCUT2D eigenvalue weighted by Gasteiger charge is 2.31. The van der Waals surface area contributed by atoms with Crippen LogP contribution < -0.4 is 10.7 Å². The van der Waals surface area contributed by atoms with Crippen molar-refractivity contribution in [3.8, 4) is 0 Å². The summed E-state index contributed by atoms with van der Waals surface area (Å²) in [6.07, 6.45) is 4.10. The fourth-order valence-electron chi connectivity index (χ4n) is 2.56. The number of halogens is 1. The number of nitrogens with one attached hydrogen (secondary N) is 2. The second-order valence-corrected chi connectivity index (χ2v) is 5.66. The molecule has 2 fully saturated rings. The maximum absolute atomic E-state index is 3.66. The van der Waals surface area contributed by atoms with Crippen molar-refractivity contribution in [2.45, 2.75) is 31.3 Å². The molecule has 0 radical (unpaired) electrons. The number of piperazine rings is 1. The molecule has 2 heterocycles. The van der Waals surface area contributed by atoms with Gasteiger partial charge < -0.3 is 5.32 Å². The van der Waals surface area contributed by atoms with Crippen LogP contribution in [-0.4, -0.2) is 53.4 Å². The molecule has 2 saturated heterocycles. The molecule has 0 aliphatic carbocycles. The van der Waals surface area contributed by atoms with Crippen LogP contribution in [0, 0.1) is 0 Å². The third kappa shape index (κ3) is 3.03. The van der Waals surface area contributed by atoms with E-state index in [1.54, 1.807) is 0 Å². The zero-order valence-electron chi connectivity index (χ0n) is 9.38. The monoisotopic (exact) mass is 324 g/mol. The lowest BCUT2D eigenvalue weighted by molar-refractivity contribution is 0.109. The van der Waals surface area contributed by atoms with Gasteiger partial charge in [-0.2, -0.15) is 0 Å². The van der Waals surface area contributed by atoms with Gasteiger partial charge in [-0.15, -0.1) is 0 Å². The molecule has 0 saturated carbocycles. The van der Waals surface area contributed by atoms with E-state index in [2.05, 4.69) is 41.7 Å². The predicted molar refractivity (Wildman–Crippen MR) is 70.8 cm³/mol. The van der Waals surface area contributed by atoms with Gasteiger partial charge >= 0.3 is 0 Å². The Kier molecular flexibility index (Phi) is 4.63. The molecule has 2 atom stereocenters. The van der Waals surface area contributed by atoms with Crippen molar-refractivity contribution in [3.05, 3.63) is 0 Å². The average molecular weight is 324 g/mol. The predicted octanol–water partition coefficient (Wildman–Crippen LogP) is 0.599. The Labute approximate surface area is 106 Å². The quantitative estimate of drug-likeness (QED) is 0.575. The number of hydrazine groups is 1. The van der Waals surface area contributed by atoms with E-state index >= 15 is 0 Å². The summed E-state index contributed by atoms with van der Waals surface area (Å²) in [5.74, 6) is 0. The highest BCUT2D eigenvalue weighted by Crippen LogP contribution is 2.24. The number of hydrogen-bond donors (Lipinski definition) is 2. The summed E-state index contributed by atoms with van der Waals surface area (Å²) < 4.78 is 2.50. The first-order valence-electron chi connectivity index (χ1n) is 5.89. The number of hydrogen-bond acceptors (Lipinski definition) is 4. The molecular weight excluding hydrogens is 303 g/mol. The summed E-state index contributed by atoms with van der Waals surface area (Å²) in [5, 5.41) is 5.98. The van der Waals surface area contributed by atoms with Crippen LogP contribution in [0.2, 0.25) is 0 Å². The highest BCUT2D eigenvalue weighted by atomic mass is 127. The van der Waals surface area contributed by atoms with Gasteiger partial charge in [-0.3, -0.25) is 5.43 Å². The summed E-state index contributed by atoms with van der Waals surface area (Å²) in [7, 11) is 2.02. The van der Waals surface area contributed by atoms with Crippen molar-refractivity contribution in [3.63, 3.8) is 0 Å². The van der Waals surface area contributed by atoms with E-state index in [9.17, 15) is 0 Å². The highest BCUT2D eigenvalue weighted by molar-refractivity contribution is 14.1. The fraction of sp³-hybridized carbons (Fsp3) is 1.00. The summed E-state index contributed by atoms with van der Waals surface area (Å²) in [6.45, 7) is 4.59. The molecule has 0 aromatic carbocycles. The van der Waals surface area contributed by atoms with Gasteiger partial charge in [0.25, 0.3) is 0 Å². The van der Waals surface area contributed by atoms with Crippen molar-refractivity contribution in [2.24, 2.45) is 0 Å². The minimum atomic E-state index is 0.628. The second kappa shape index (κ2) is 5.77. The first-order valence-corrected chi connectivity index (χ1v) is 6.86. The van der Waals surface area contributed by atoms with Crippen LogP contribution in [0.3, 0.4) is 0 Å². The van der Waals surface area contributed by atoms with E-state index in [0.29, 0.717) is 6.04 Å². The SMILES string of the molecule is CNN1CCNC(C2CCCCN2I)C1. The second-order valence-electron chi connectivity index (χ2n) is 4.42. The van der Waals surface area contributed by atoms with Gasteiger partial charge in [0.1, 0.15) is 0 Å². The normalized spacial score (nSPS) is 35.6. The molecule has 2 N–H and O–H groups in total. The minimum absolute atomic E-state index is 0.628. The first kappa shape index (κ1) is 12.0. The number of rotatable bonds is 2. The molecule has 2 rings (SSSR count). The lowest BCUT2D eigenvalue weighted by Gasteiger charge is -2.42. The Morgan fingerprint density at radius 3 is 2.93 bits per heavy atom. The lowest BCUT2D eigenvalue weighted by Crippen LogP contribution is -2.61. The summed E-state index contributed by atoms with van der Waals surface area (Å²) >= 11 is 2.49. The zero-order valence-corrected chi connectivity index (χ0v) is 11.5. The zero-order chi connectivity index (χ0) is 10.7. The van der Waals surface area contributed by atoms with E-state index in [0.717, 1.165) is 25.7 Å². The van der Waals surface area contributed by atoms with Crippen LogP contribution in [0.1, 0.15) is 19.3 Å². The lowest BCUT2D eigenvalue weighted by atomic mass is 9.97. The van der Waals surface area contributed by atoms with Gasteiger partial charge in [-0.05, 0) is 19.9 Å². The van der Waals surface area contributed by atoms with E-state index in [1.165, 1.54) is 25.8 Å². The maximum Gasteiger partial charge on any atom is 0.0374 e. The van der Waals surface area contributed by atoms with Crippen LogP contribution in [-0.2, 0) is 0 Å². The van der Waals surface area contributed by atoms with E-state index in [1.807, 2.05) is 7.05 Å². The summed E-state index contributed by atoms with van der Waals surface area (Å²) in [5.41, 5.74) is 3.26. The largest absolute Gasteiger partial charge is 0.310 e. The number of nitrogens with zero attached hydrogens (tertiary/aromatic N) is 2. The van der Waals surface area contributed by atoms with Gasteiger partial charge in [-0.1, -0.05) is 6.42 Å². The van der Waals surface area contributed by atoms with Crippen molar-refractivity contribution in [2.75, 3.05) is 33.2 Å². The molecule has 0 spiro atoms. The molecule has 2 aliphatic heterocycles. The van der Waals surface area contributed by atoms with Gasteiger partial charge in [-0.25, -0.2) is 8.12 Å². The fourth-order valence-corrected chi connectivity index (χ4v) is 3.57. The molecule has 0 aromatic heterocycles. The van der Waals surface area contributed by atoms with Crippen LogP contribution in [0.25, 0.3) is 0 Å². The Hall–Kier alpha value is 0.570. The molecule has 0 amide bonds. The third-order valence-electron chi connectivity index (χ3n) is 3.47. The average Bonchev–Trinajstić information content (AvgIpc) is 2.30. The number of piperidine rings is 1. The van der Waals surface area contributed by atoms with Crippen molar-refractivity contribution in [1.29, 1.82) is 0 Å². The van der Waals surface area contributed by atoms with Crippen LogP contribution in [0.15, 0.2) is 0 Å². The van der Waals surface area contributed by atoms with E-state index < -0.39 is 0 Å². The van der Waals surface area contributed by atoms with Gasteiger partial charge in [0.15, 0.2) is 0 Å². The summed E-state index contributed by atoms with van der Waals surface area (Å²) in [6, 6.07) is 1.35. The third-order valence-corrected chi connectivity index (χ3v) is 4.67. The minimum Gasteiger partial charge on any atom is -0.310 e. The Morgan fingerprint density at radius 2 is 2.20 bits per heavy atom. The van der Waals surface area contributed by atoms with Crippen molar-refractivity contribution >= 4 is 22.9 Å². The molecule has 2 unspecified atom stereocenters. The topological polar surface area (TPSA) is 30.5 Å². The van der Waals surface area contributed by atoms with Crippen LogP contribution >= 0.6 is 22.9 Å². The first-order chi connectivity index (χ1) is 7.31. The molecule has 0 aromatic rings. The van der Waals surface area contributed by atoms with Crippen LogP contribution in [0.4, 0.5) is 0 Å². The summed E-state index contributed by atoms with van der Waals surface area (Å²) in [4.78, 5) is 0. The molecule has 88 valence electrons. The smallest absolute Gasteiger partial charge is 0.0374 e. The van der Waals surface area contributed by atoms with Gasteiger partial charge in [0, 0.05) is 61.1 Å². The van der Waals surface area contributed by atoms with Crippen molar-refractivity contribution < 1.29 is 0 Å². The molecule has 0 bridgehead atoms.